The normalized spacial score (nSPS) is 19.5. The van der Waals surface area contributed by atoms with Crippen LogP contribution in [0, 0.1) is 0 Å². The van der Waals surface area contributed by atoms with Gasteiger partial charge in [0.2, 0.25) is 0 Å². The molecule has 0 bridgehead atoms. The molecule has 0 aromatic heterocycles. The second kappa shape index (κ2) is 7.37. The molecule has 2 aliphatic carbocycles. The topological polar surface area (TPSA) is 0 Å². The fourth-order valence-electron chi connectivity index (χ4n) is 4.02. The molecular formula is C17H22Br2Cl2SiZr. The van der Waals surface area contributed by atoms with Gasteiger partial charge in [0.15, 0.2) is 0 Å². The first kappa shape index (κ1) is 22.1. The smallest absolute Gasteiger partial charge is 0.147 e. The largest absolute Gasteiger partial charge is 0.147 e. The maximum atomic E-state index is 3.75. The summed E-state index contributed by atoms with van der Waals surface area (Å²) in [5.41, 5.74) is 4.46. The molecule has 1 aromatic carbocycles. The third kappa shape index (κ3) is 3.78. The third-order valence-electron chi connectivity index (χ3n) is 5.02. The Bertz CT molecular complexity index is 803. The van der Waals surface area contributed by atoms with Gasteiger partial charge >= 0.3 is 148 Å². The number of hydrogen-bond acceptors (Lipinski definition) is 0. The third-order valence-corrected chi connectivity index (χ3v) is 23.8. The summed E-state index contributed by atoms with van der Waals surface area (Å²) in [7, 11) is 0. The van der Waals surface area contributed by atoms with E-state index in [0.717, 1.165) is 6.42 Å². The Labute approximate surface area is 170 Å². The summed E-state index contributed by atoms with van der Waals surface area (Å²) in [6.45, 7) is 4.67. The molecule has 0 aliphatic heterocycles. The molecule has 0 fully saturated rings. The Morgan fingerprint density at radius 3 is 2.39 bits per heavy atom. The first-order valence-electron chi connectivity index (χ1n) is 7.30. The molecule has 0 saturated carbocycles. The van der Waals surface area contributed by atoms with E-state index in [1.165, 1.54) is 20.1 Å². The van der Waals surface area contributed by atoms with Crippen LogP contribution in [0.4, 0.5) is 0 Å². The summed E-state index contributed by atoms with van der Waals surface area (Å²) in [4.78, 5) is 0. The minimum atomic E-state index is -2.99. The molecule has 1 aromatic rings. The van der Waals surface area contributed by atoms with Crippen molar-refractivity contribution >= 4 is 69.6 Å². The predicted molar refractivity (Wildman–Crippen MR) is 115 cm³/mol. The summed E-state index contributed by atoms with van der Waals surface area (Å²) >= 11 is 4.43. The van der Waals surface area contributed by atoms with Crippen molar-refractivity contribution in [3.63, 3.8) is 0 Å². The van der Waals surface area contributed by atoms with Crippen molar-refractivity contribution in [2.75, 3.05) is 0 Å². The van der Waals surface area contributed by atoms with Crippen LogP contribution in [-0.2, 0) is 17.4 Å². The Morgan fingerprint density at radius 1 is 1.17 bits per heavy atom. The number of fused-ring (bicyclic) bond motifs is 1. The van der Waals surface area contributed by atoms with E-state index in [1.807, 2.05) is 0 Å². The zero-order chi connectivity index (χ0) is 15.4. The molecule has 1 unspecified atom stereocenters. The molecule has 126 valence electrons. The van der Waals surface area contributed by atoms with Gasteiger partial charge in [0, 0.05) is 0 Å². The van der Waals surface area contributed by atoms with Gasteiger partial charge in [0.05, 0.1) is 0 Å². The van der Waals surface area contributed by atoms with Crippen molar-refractivity contribution in [1.82, 2.24) is 0 Å². The molecule has 0 saturated heterocycles. The van der Waals surface area contributed by atoms with E-state index in [4.69, 9.17) is 0 Å². The van der Waals surface area contributed by atoms with Gasteiger partial charge in [-0.25, -0.2) is 0 Å². The molecular weight excluding hydrogens is 554 g/mol. The van der Waals surface area contributed by atoms with Crippen LogP contribution in [-0.4, -0.2) is 6.88 Å². The van der Waals surface area contributed by atoms with Gasteiger partial charge in [-0.05, 0) is 0 Å². The SMILES string of the molecule is CC1=Cc2c(Br)cc(Br)cc2[CH]1[Zr]([CH3])([CH3])(=[SiH2])[C]1=CC=CC1.Cl.Cl. The molecule has 23 heavy (non-hydrogen) atoms. The van der Waals surface area contributed by atoms with Gasteiger partial charge in [-0.2, -0.15) is 0 Å². The quantitative estimate of drug-likeness (QED) is 0.345. The van der Waals surface area contributed by atoms with Crippen LogP contribution < -0.4 is 0 Å². The second-order valence-electron chi connectivity index (χ2n) is 7.35. The Morgan fingerprint density at radius 2 is 1.83 bits per heavy atom. The monoisotopic (exact) mass is 572 g/mol. The van der Waals surface area contributed by atoms with Crippen LogP contribution in [0.15, 0.2) is 48.2 Å². The predicted octanol–water partition coefficient (Wildman–Crippen LogP) is 6.69. The summed E-state index contributed by atoms with van der Waals surface area (Å²) in [6, 6.07) is 4.50. The summed E-state index contributed by atoms with van der Waals surface area (Å²) in [5.74, 6) is 0. The Hall–Kier alpha value is 1.08. The number of hydrogen-bond donors (Lipinski definition) is 0. The fraction of sp³-hybridized carbons (Fsp3) is 0.294. The fourth-order valence-corrected chi connectivity index (χ4v) is 21.4. The van der Waals surface area contributed by atoms with Crippen LogP contribution in [0.3, 0.4) is 0 Å². The van der Waals surface area contributed by atoms with E-state index in [0.29, 0.717) is 3.63 Å². The van der Waals surface area contributed by atoms with E-state index in [2.05, 4.69) is 91.4 Å². The summed E-state index contributed by atoms with van der Waals surface area (Å²) in [5, 5.41) is 0. The number of rotatable bonds is 2. The van der Waals surface area contributed by atoms with Gasteiger partial charge in [-0.1, -0.05) is 0 Å². The molecule has 0 N–H and O–H groups in total. The molecule has 2 aliphatic rings. The average Bonchev–Trinajstić information content (AvgIpc) is 2.95. The van der Waals surface area contributed by atoms with E-state index in [-0.39, 0.29) is 24.8 Å². The number of allylic oxidation sites excluding steroid dienone is 5. The zero-order valence-corrected chi connectivity index (χ0v) is 22.2. The van der Waals surface area contributed by atoms with Crippen molar-refractivity contribution in [2.45, 2.75) is 26.2 Å². The zero-order valence-electron chi connectivity index (χ0n) is 13.5. The molecule has 0 spiro atoms. The van der Waals surface area contributed by atoms with Crippen molar-refractivity contribution < 1.29 is 17.4 Å². The molecule has 6 heteroatoms. The summed E-state index contributed by atoms with van der Waals surface area (Å²) in [6.07, 6.45) is 10.5. The van der Waals surface area contributed by atoms with Crippen LogP contribution in [0.25, 0.3) is 6.08 Å². The molecule has 0 heterocycles. The van der Waals surface area contributed by atoms with Crippen LogP contribution in [0.2, 0.25) is 9.26 Å². The number of halogens is 4. The van der Waals surface area contributed by atoms with E-state index >= 15 is 0 Å². The molecule has 1 atom stereocenters. The van der Waals surface area contributed by atoms with Crippen molar-refractivity contribution in [3.8, 4) is 0 Å². The van der Waals surface area contributed by atoms with E-state index < -0.39 is 17.4 Å². The maximum Gasteiger partial charge on any atom is -0.147 e. The standard InChI is InChI=1S/C10H7Br2.C5H5.2CH3.2ClH.H2Si.Zr/c1-6-2-7-4-8(11)5-10(12)9(7)3-6;1-2-4-5-3-1;;;;;;/h2-5H,1H3;1-3H,4H2;2*1H3;2*1H;1H2;. The van der Waals surface area contributed by atoms with Crippen molar-refractivity contribution in [2.24, 2.45) is 0 Å². The first-order chi connectivity index (χ1) is 9.69. The van der Waals surface area contributed by atoms with Gasteiger partial charge in [0.25, 0.3) is 0 Å². The Balaban J connectivity index is 0.00000132. The minimum Gasteiger partial charge on any atom is -0.147 e. The molecule has 0 radical (unpaired) electrons. The van der Waals surface area contributed by atoms with Gasteiger partial charge in [-0.15, -0.1) is 24.8 Å². The van der Waals surface area contributed by atoms with Gasteiger partial charge < -0.3 is 0 Å². The molecule has 3 rings (SSSR count). The van der Waals surface area contributed by atoms with Gasteiger partial charge in [0.1, 0.15) is 0 Å². The van der Waals surface area contributed by atoms with Crippen molar-refractivity contribution in [1.29, 1.82) is 0 Å². The van der Waals surface area contributed by atoms with Crippen LogP contribution >= 0.6 is 56.7 Å². The number of benzene rings is 1. The molecule has 0 nitrogen and oxygen atoms in total. The minimum absolute atomic E-state index is 0. The average molecular weight is 576 g/mol. The van der Waals surface area contributed by atoms with E-state index in [1.54, 1.807) is 8.85 Å². The van der Waals surface area contributed by atoms with Crippen LogP contribution in [0.1, 0.15) is 28.1 Å². The van der Waals surface area contributed by atoms with Crippen molar-refractivity contribution in [3.05, 3.63) is 59.3 Å². The second-order valence-corrected chi connectivity index (χ2v) is 38.8. The Kier molecular flexibility index (Phi) is 7.09. The maximum absolute atomic E-state index is 3.75. The van der Waals surface area contributed by atoms with Crippen LogP contribution in [0.5, 0.6) is 0 Å². The van der Waals surface area contributed by atoms with E-state index in [9.17, 15) is 0 Å². The first-order valence-corrected chi connectivity index (χ1v) is 22.4. The molecule has 0 amide bonds. The summed E-state index contributed by atoms with van der Waals surface area (Å²) < 4.78 is 9.97. The van der Waals surface area contributed by atoms with Gasteiger partial charge in [-0.3, -0.25) is 0 Å².